The molecular formula is C11H18N2O. The summed E-state index contributed by atoms with van der Waals surface area (Å²) in [6.07, 6.45) is 3.65. The van der Waals surface area contributed by atoms with Crippen LogP contribution < -0.4 is 10.5 Å². The SMILES string of the molecule is CCCOc1ccc([C@H](N)CC)nc1. The summed E-state index contributed by atoms with van der Waals surface area (Å²) in [4.78, 5) is 4.25. The van der Waals surface area contributed by atoms with E-state index in [9.17, 15) is 0 Å². The highest BCUT2D eigenvalue weighted by Crippen LogP contribution is 2.14. The van der Waals surface area contributed by atoms with Crippen molar-refractivity contribution in [2.45, 2.75) is 32.7 Å². The van der Waals surface area contributed by atoms with Crippen molar-refractivity contribution >= 4 is 0 Å². The van der Waals surface area contributed by atoms with E-state index in [1.807, 2.05) is 19.1 Å². The van der Waals surface area contributed by atoms with E-state index in [-0.39, 0.29) is 6.04 Å². The molecule has 0 fully saturated rings. The first-order valence-corrected chi connectivity index (χ1v) is 5.12. The average Bonchev–Trinajstić information content (AvgIpc) is 2.26. The molecule has 0 aliphatic rings. The van der Waals surface area contributed by atoms with Crippen LogP contribution >= 0.6 is 0 Å². The van der Waals surface area contributed by atoms with E-state index in [2.05, 4.69) is 11.9 Å². The molecule has 1 aromatic heterocycles. The van der Waals surface area contributed by atoms with Gasteiger partial charge in [0, 0.05) is 6.04 Å². The summed E-state index contributed by atoms with van der Waals surface area (Å²) in [5.74, 6) is 0.818. The van der Waals surface area contributed by atoms with Crippen molar-refractivity contribution in [2.75, 3.05) is 6.61 Å². The minimum Gasteiger partial charge on any atom is -0.492 e. The van der Waals surface area contributed by atoms with E-state index >= 15 is 0 Å². The molecular weight excluding hydrogens is 176 g/mol. The zero-order chi connectivity index (χ0) is 10.4. The lowest BCUT2D eigenvalue weighted by atomic mass is 10.1. The molecule has 0 spiro atoms. The molecule has 14 heavy (non-hydrogen) atoms. The highest BCUT2D eigenvalue weighted by molar-refractivity contribution is 5.21. The average molecular weight is 194 g/mol. The van der Waals surface area contributed by atoms with Gasteiger partial charge in [0.25, 0.3) is 0 Å². The third-order valence-electron chi connectivity index (χ3n) is 2.05. The molecule has 1 rings (SSSR count). The molecule has 0 unspecified atom stereocenters. The Bertz CT molecular complexity index is 258. The molecule has 0 amide bonds. The highest BCUT2D eigenvalue weighted by atomic mass is 16.5. The van der Waals surface area contributed by atoms with Crippen molar-refractivity contribution in [3.63, 3.8) is 0 Å². The van der Waals surface area contributed by atoms with E-state index in [0.717, 1.165) is 30.9 Å². The molecule has 1 heterocycles. The molecule has 0 aliphatic carbocycles. The van der Waals surface area contributed by atoms with Gasteiger partial charge >= 0.3 is 0 Å². The van der Waals surface area contributed by atoms with Crippen LogP contribution in [0.25, 0.3) is 0 Å². The van der Waals surface area contributed by atoms with Crippen molar-refractivity contribution in [1.29, 1.82) is 0 Å². The molecule has 0 saturated carbocycles. The van der Waals surface area contributed by atoms with Gasteiger partial charge in [0.05, 0.1) is 18.5 Å². The van der Waals surface area contributed by atoms with Crippen molar-refractivity contribution in [3.05, 3.63) is 24.0 Å². The number of rotatable bonds is 5. The van der Waals surface area contributed by atoms with Crippen molar-refractivity contribution in [3.8, 4) is 5.75 Å². The number of pyridine rings is 1. The van der Waals surface area contributed by atoms with Crippen LogP contribution in [-0.4, -0.2) is 11.6 Å². The summed E-state index contributed by atoms with van der Waals surface area (Å²) in [5, 5.41) is 0. The van der Waals surface area contributed by atoms with Crippen LogP contribution in [0, 0.1) is 0 Å². The predicted molar refractivity (Wildman–Crippen MR) is 57.2 cm³/mol. The molecule has 3 heteroatoms. The summed E-state index contributed by atoms with van der Waals surface area (Å²) in [7, 11) is 0. The van der Waals surface area contributed by atoms with Crippen LogP contribution in [0.15, 0.2) is 18.3 Å². The van der Waals surface area contributed by atoms with Crippen LogP contribution in [-0.2, 0) is 0 Å². The Labute approximate surface area is 85.3 Å². The Morgan fingerprint density at radius 1 is 1.43 bits per heavy atom. The Balaban J connectivity index is 2.59. The number of ether oxygens (including phenoxy) is 1. The normalized spacial score (nSPS) is 12.5. The molecule has 1 aromatic rings. The van der Waals surface area contributed by atoms with Gasteiger partial charge in [-0.15, -0.1) is 0 Å². The molecule has 0 bridgehead atoms. The second-order valence-corrected chi connectivity index (χ2v) is 3.28. The highest BCUT2D eigenvalue weighted by Gasteiger charge is 2.04. The fraction of sp³-hybridized carbons (Fsp3) is 0.545. The summed E-state index contributed by atoms with van der Waals surface area (Å²) >= 11 is 0. The Morgan fingerprint density at radius 2 is 2.21 bits per heavy atom. The van der Waals surface area contributed by atoms with Crippen LogP contribution in [0.3, 0.4) is 0 Å². The summed E-state index contributed by atoms with van der Waals surface area (Å²) in [6.45, 7) is 4.86. The third-order valence-corrected chi connectivity index (χ3v) is 2.05. The van der Waals surface area contributed by atoms with Crippen LogP contribution in [0.2, 0.25) is 0 Å². The summed E-state index contributed by atoms with van der Waals surface area (Å²) in [5.41, 5.74) is 6.77. The molecule has 78 valence electrons. The smallest absolute Gasteiger partial charge is 0.137 e. The first kappa shape index (κ1) is 11.0. The largest absolute Gasteiger partial charge is 0.492 e. The molecule has 2 N–H and O–H groups in total. The standard InChI is InChI=1S/C11H18N2O/c1-3-7-14-9-5-6-11(13-8-9)10(12)4-2/h5-6,8,10H,3-4,7,12H2,1-2H3/t10-/m1/s1. The molecule has 0 radical (unpaired) electrons. The van der Waals surface area contributed by atoms with Crippen molar-refractivity contribution in [1.82, 2.24) is 4.98 Å². The van der Waals surface area contributed by atoms with Crippen molar-refractivity contribution < 1.29 is 4.74 Å². The van der Waals surface area contributed by atoms with Crippen molar-refractivity contribution in [2.24, 2.45) is 5.73 Å². The zero-order valence-corrected chi connectivity index (χ0v) is 8.86. The summed E-state index contributed by atoms with van der Waals surface area (Å²) < 4.78 is 5.42. The Hall–Kier alpha value is -1.09. The molecule has 0 aromatic carbocycles. The van der Waals surface area contributed by atoms with Crippen LogP contribution in [0.4, 0.5) is 0 Å². The second-order valence-electron chi connectivity index (χ2n) is 3.28. The minimum atomic E-state index is 0.0372. The topological polar surface area (TPSA) is 48.1 Å². The van der Waals surface area contributed by atoms with Gasteiger partial charge in [-0.1, -0.05) is 13.8 Å². The Morgan fingerprint density at radius 3 is 2.71 bits per heavy atom. The number of hydrogen-bond acceptors (Lipinski definition) is 3. The van der Waals surface area contributed by atoms with E-state index in [0.29, 0.717) is 0 Å². The lowest BCUT2D eigenvalue weighted by Crippen LogP contribution is -2.10. The maximum Gasteiger partial charge on any atom is 0.137 e. The van der Waals surface area contributed by atoms with Crippen LogP contribution in [0.1, 0.15) is 38.4 Å². The van der Waals surface area contributed by atoms with Gasteiger partial charge in [-0.25, -0.2) is 0 Å². The van der Waals surface area contributed by atoms with Gasteiger partial charge < -0.3 is 10.5 Å². The van der Waals surface area contributed by atoms with Gasteiger partial charge in [-0.05, 0) is 25.0 Å². The third kappa shape index (κ3) is 3.00. The molecule has 0 aliphatic heterocycles. The van der Waals surface area contributed by atoms with Crippen LogP contribution in [0.5, 0.6) is 5.75 Å². The first-order chi connectivity index (χ1) is 6.77. The van der Waals surface area contributed by atoms with Gasteiger partial charge in [0.15, 0.2) is 0 Å². The summed E-state index contributed by atoms with van der Waals surface area (Å²) in [6, 6.07) is 3.89. The molecule has 3 nitrogen and oxygen atoms in total. The van der Waals surface area contributed by atoms with E-state index in [1.165, 1.54) is 0 Å². The van der Waals surface area contributed by atoms with E-state index in [4.69, 9.17) is 10.5 Å². The first-order valence-electron chi connectivity index (χ1n) is 5.12. The number of nitrogens with two attached hydrogens (primary N) is 1. The van der Waals surface area contributed by atoms with Gasteiger partial charge in [-0.2, -0.15) is 0 Å². The lowest BCUT2D eigenvalue weighted by molar-refractivity contribution is 0.316. The van der Waals surface area contributed by atoms with Gasteiger partial charge in [0.1, 0.15) is 5.75 Å². The fourth-order valence-electron chi connectivity index (χ4n) is 1.13. The number of nitrogens with zero attached hydrogens (tertiary/aromatic N) is 1. The molecule has 1 atom stereocenters. The quantitative estimate of drug-likeness (QED) is 0.782. The fourth-order valence-corrected chi connectivity index (χ4v) is 1.13. The van der Waals surface area contributed by atoms with E-state index < -0.39 is 0 Å². The predicted octanol–water partition coefficient (Wildman–Crippen LogP) is 2.28. The maximum atomic E-state index is 5.84. The minimum absolute atomic E-state index is 0.0372. The monoisotopic (exact) mass is 194 g/mol. The maximum absolute atomic E-state index is 5.84. The lowest BCUT2D eigenvalue weighted by Gasteiger charge is -2.09. The molecule has 0 saturated heterocycles. The second kappa shape index (κ2) is 5.60. The number of aromatic nitrogens is 1. The van der Waals surface area contributed by atoms with Gasteiger partial charge in [-0.3, -0.25) is 4.98 Å². The van der Waals surface area contributed by atoms with E-state index in [1.54, 1.807) is 6.20 Å². The Kier molecular flexibility index (Phi) is 4.40. The van der Waals surface area contributed by atoms with Gasteiger partial charge in [0.2, 0.25) is 0 Å². The zero-order valence-electron chi connectivity index (χ0n) is 8.86. The number of hydrogen-bond donors (Lipinski definition) is 1.